The molecule has 3 aromatic rings. The summed E-state index contributed by atoms with van der Waals surface area (Å²) >= 11 is 1.27. The minimum Gasteiger partial charge on any atom is -0.354 e. The number of carbonyl (C=O) groups excluding carboxylic acids is 6. The van der Waals surface area contributed by atoms with Crippen LogP contribution in [-0.2, 0) is 35.3 Å². The van der Waals surface area contributed by atoms with Crippen molar-refractivity contribution in [3.05, 3.63) is 95.8 Å². The van der Waals surface area contributed by atoms with Crippen LogP contribution in [0.15, 0.2) is 72.9 Å². The third kappa shape index (κ3) is 14.6. The number of carbonyl (C=O) groups is 6. The predicted octanol–water partition coefficient (Wildman–Crippen LogP) is 4.98. The molecule has 330 valence electrons. The molecule has 0 radical (unpaired) electrons. The number of amides is 5. The summed E-state index contributed by atoms with van der Waals surface area (Å²) in [5, 5.41) is 8.33. The topological polar surface area (TPSA) is 150 Å². The molecule has 61 heavy (non-hydrogen) atoms. The van der Waals surface area contributed by atoms with Crippen LogP contribution in [0.5, 0.6) is 0 Å². The lowest BCUT2D eigenvalue weighted by molar-refractivity contribution is -0.156. The SMILES string of the molecule is CC(C)(C)C(c1cc(-c2cc(F)ccc2F)cn1Cc1ccccc1)N(CC1CNCC1F)C(=O)CSCCC(=O)NCCNC(=O)CN1C(=O)C=CC1=O.O=CC(F)(F)F. The molecule has 5 amide bonds. The molecular weight excluding hydrogens is 831 g/mol. The van der Waals surface area contributed by atoms with E-state index in [9.17, 15) is 41.5 Å². The van der Waals surface area contributed by atoms with Crippen LogP contribution in [0.1, 0.15) is 44.5 Å². The number of nitrogens with one attached hydrogen (secondary N) is 3. The molecule has 3 N–H and O–H groups in total. The second-order valence-corrected chi connectivity index (χ2v) is 16.5. The van der Waals surface area contributed by atoms with Gasteiger partial charge in [-0.3, -0.25) is 33.7 Å². The summed E-state index contributed by atoms with van der Waals surface area (Å²) in [6, 6.07) is 14.1. The van der Waals surface area contributed by atoms with Crippen molar-refractivity contribution < 1.29 is 55.1 Å². The van der Waals surface area contributed by atoms with E-state index >= 15 is 8.78 Å². The number of nitrogens with zero attached hydrogens (tertiary/aromatic N) is 3. The first kappa shape index (κ1) is 48.2. The highest BCUT2D eigenvalue weighted by Crippen LogP contribution is 2.42. The molecule has 12 nitrogen and oxygen atoms in total. The zero-order valence-corrected chi connectivity index (χ0v) is 34.6. The van der Waals surface area contributed by atoms with Crippen LogP contribution < -0.4 is 16.0 Å². The fourth-order valence-corrected chi connectivity index (χ4v) is 7.60. The zero-order valence-electron chi connectivity index (χ0n) is 33.8. The van der Waals surface area contributed by atoms with Crippen molar-refractivity contribution in [3.63, 3.8) is 0 Å². The highest BCUT2D eigenvalue weighted by Gasteiger charge is 2.40. The third-order valence-electron chi connectivity index (χ3n) is 9.59. The van der Waals surface area contributed by atoms with Crippen molar-refractivity contribution >= 4 is 47.6 Å². The fraction of sp³-hybridized carbons (Fsp3) is 0.429. The van der Waals surface area contributed by atoms with E-state index in [-0.39, 0.29) is 55.7 Å². The molecule has 3 unspecified atom stereocenters. The highest BCUT2D eigenvalue weighted by atomic mass is 32.2. The number of imide groups is 1. The van der Waals surface area contributed by atoms with Crippen molar-refractivity contribution in [1.29, 1.82) is 0 Å². The summed E-state index contributed by atoms with van der Waals surface area (Å²) in [6.07, 6.45) is -2.82. The number of hydrogen-bond donors (Lipinski definition) is 3. The first-order chi connectivity index (χ1) is 28.8. The number of aldehydes is 1. The summed E-state index contributed by atoms with van der Waals surface area (Å²) in [7, 11) is 0. The van der Waals surface area contributed by atoms with Crippen LogP contribution >= 0.6 is 11.8 Å². The molecule has 2 aliphatic rings. The van der Waals surface area contributed by atoms with Gasteiger partial charge in [-0.15, -0.1) is 0 Å². The summed E-state index contributed by atoms with van der Waals surface area (Å²) < 4.78 is 77.9. The van der Waals surface area contributed by atoms with Crippen molar-refractivity contribution in [3.8, 4) is 11.1 Å². The van der Waals surface area contributed by atoms with Gasteiger partial charge in [-0.2, -0.15) is 24.9 Å². The van der Waals surface area contributed by atoms with Gasteiger partial charge in [0.05, 0.1) is 11.8 Å². The number of halogens is 6. The maximum atomic E-state index is 15.2. The van der Waals surface area contributed by atoms with Gasteiger partial charge in [0.15, 0.2) is 0 Å². The first-order valence-corrected chi connectivity index (χ1v) is 20.4. The van der Waals surface area contributed by atoms with Gasteiger partial charge in [0.25, 0.3) is 11.8 Å². The minimum absolute atomic E-state index is 0.0145. The highest BCUT2D eigenvalue weighted by molar-refractivity contribution is 7.99. The molecule has 19 heteroatoms. The number of thioether (sulfide) groups is 1. The summed E-state index contributed by atoms with van der Waals surface area (Å²) in [5.41, 5.74) is 1.60. The molecule has 5 rings (SSSR count). The Bertz CT molecular complexity index is 2040. The lowest BCUT2D eigenvalue weighted by Gasteiger charge is -2.42. The van der Waals surface area contributed by atoms with Crippen LogP contribution in [0.25, 0.3) is 11.1 Å². The molecule has 2 aromatic carbocycles. The van der Waals surface area contributed by atoms with E-state index in [0.29, 0.717) is 30.1 Å². The molecular formula is C42H48F6N6O6S. The minimum atomic E-state index is -4.64. The van der Waals surface area contributed by atoms with E-state index in [1.165, 1.54) is 11.8 Å². The van der Waals surface area contributed by atoms with E-state index in [1.54, 1.807) is 17.2 Å². The monoisotopic (exact) mass is 878 g/mol. The number of rotatable bonds is 17. The molecule has 0 spiro atoms. The molecule has 2 aliphatic heterocycles. The van der Waals surface area contributed by atoms with Gasteiger partial charge in [0.1, 0.15) is 24.4 Å². The van der Waals surface area contributed by atoms with E-state index in [0.717, 1.165) is 40.8 Å². The average molecular weight is 879 g/mol. The van der Waals surface area contributed by atoms with Crippen LogP contribution in [0, 0.1) is 23.0 Å². The van der Waals surface area contributed by atoms with E-state index in [4.69, 9.17) is 4.79 Å². The van der Waals surface area contributed by atoms with Crippen molar-refractivity contribution in [2.24, 2.45) is 11.3 Å². The van der Waals surface area contributed by atoms with Crippen molar-refractivity contribution in [2.75, 3.05) is 50.8 Å². The van der Waals surface area contributed by atoms with Crippen molar-refractivity contribution in [2.45, 2.75) is 52.1 Å². The second-order valence-electron chi connectivity index (χ2n) is 15.4. The Morgan fingerprint density at radius 2 is 1.59 bits per heavy atom. The van der Waals surface area contributed by atoms with Gasteiger partial charge in [0, 0.05) is 92.5 Å². The fourth-order valence-electron chi connectivity index (χ4n) is 6.78. The Balaban J connectivity index is 0.00000127. The Hall–Kier alpha value is -5.43. The van der Waals surface area contributed by atoms with Crippen molar-refractivity contribution in [1.82, 2.24) is 30.3 Å². The Morgan fingerprint density at radius 3 is 2.18 bits per heavy atom. The first-order valence-electron chi connectivity index (χ1n) is 19.3. The number of aromatic nitrogens is 1. The summed E-state index contributed by atoms with van der Waals surface area (Å²) in [4.78, 5) is 73.4. The molecule has 0 saturated carbocycles. The largest absolute Gasteiger partial charge is 0.446 e. The summed E-state index contributed by atoms with van der Waals surface area (Å²) in [5.74, 6) is -3.50. The molecule has 1 fully saturated rings. The smallest absolute Gasteiger partial charge is 0.354 e. The standard InChI is InChI=1S/C40H47F3N6O5S.C2HF3O/c1-40(2,3)39(33-17-27(30-18-29(41)9-10-31(30)42)22-47(33)21-26-7-5-4-6-8-26)49(23-28-19-44-20-32(28)43)38(54)25-55-16-13-34(50)45-14-15-46-35(51)24-48-36(52)11-12-37(48)53;3-2(4,5)1-6/h4-12,17-18,22,28,32,39,44H,13-16,19-21,23-25H2,1-3H3,(H,45,50)(H,46,51);1H. The lowest BCUT2D eigenvalue weighted by atomic mass is 9.82. The molecule has 0 bridgehead atoms. The van der Waals surface area contributed by atoms with E-state index in [2.05, 4.69) is 16.0 Å². The molecule has 3 atom stereocenters. The third-order valence-corrected chi connectivity index (χ3v) is 10.5. The Morgan fingerprint density at radius 1 is 0.951 bits per heavy atom. The summed E-state index contributed by atoms with van der Waals surface area (Å²) in [6.45, 7) is 6.86. The van der Waals surface area contributed by atoms with Gasteiger partial charge < -0.3 is 25.4 Å². The lowest BCUT2D eigenvalue weighted by Crippen LogP contribution is -2.46. The quantitative estimate of drug-likeness (QED) is 0.0745. The van der Waals surface area contributed by atoms with E-state index in [1.807, 2.05) is 55.7 Å². The molecule has 1 aromatic heterocycles. The number of alkyl halides is 4. The number of benzene rings is 2. The van der Waals surface area contributed by atoms with Gasteiger partial charge in [0.2, 0.25) is 24.0 Å². The molecule has 0 aliphatic carbocycles. The van der Waals surface area contributed by atoms with Gasteiger partial charge in [-0.05, 0) is 35.2 Å². The molecule has 1 saturated heterocycles. The Labute approximate surface area is 353 Å². The average Bonchev–Trinajstić information content (AvgIpc) is 3.90. The maximum Gasteiger partial charge on any atom is 0.446 e. The zero-order chi connectivity index (χ0) is 44.9. The Kier molecular flexibility index (Phi) is 17.3. The van der Waals surface area contributed by atoms with Gasteiger partial charge >= 0.3 is 6.18 Å². The van der Waals surface area contributed by atoms with Crippen LogP contribution in [0.4, 0.5) is 26.3 Å². The van der Waals surface area contributed by atoms with Crippen LogP contribution in [0.3, 0.4) is 0 Å². The molecule has 3 heterocycles. The number of hydrogen-bond acceptors (Lipinski definition) is 8. The van der Waals surface area contributed by atoms with Crippen LogP contribution in [-0.4, -0.2) is 113 Å². The van der Waals surface area contributed by atoms with Gasteiger partial charge in [-0.25, -0.2) is 13.2 Å². The maximum absolute atomic E-state index is 15.2. The van der Waals surface area contributed by atoms with Crippen LogP contribution in [0.2, 0.25) is 0 Å². The second kappa shape index (κ2) is 21.9. The van der Waals surface area contributed by atoms with Gasteiger partial charge in [-0.1, -0.05) is 51.1 Å². The normalized spacial score (nSPS) is 16.8. The van der Waals surface area contributed by atoms with E-state index < -0.39 is 71.9 Å². The predicted molar refractivity (Wildman–Crippen MR) is 216 cm³/mol.